The largest absolute Gasteiger partial charge is 0.369 e. The van der Waals surface area contributed by atoms with Gasteiger partial charge in [-0.1, -0.05) is 18.2 Å². The summed E-state index contributed by atoms with van der Waals surface area (Å²) in [4.78, 5) is 21.1. The van der Waals surface area contributed by atoms with Crippen LogP contribution in [0.5, 0.6) is 0 Å². The van der Waals surface area contributed by atoms with E-state index >= 15 is 0 Å². The van der Waals surface area contributed by atoms with E-state index in [0.717, 1.165) is 38.4 Å². The molecule has 0 bridgehead atoms. The lowest BCUT2D eigenvalue weighted by atomic mass is 10.1. The van der Waals surface area contributed by atoms with Crippen LogP contribution < -0.4 is 10.2 Å². The van der Waals surface area contributed by atoms with Gasteiger partial charge in [0.2, 0.25) is 5.91 Å². The van der Waals surface area contributed by atoms with Crippen LogP contribution >= 0.6 is 0 Å². The Morgan fingerprint density at radius 2 is 1.88 bits per heavy atom. The number of carbonyl (C=O) groups excluding carboxylic acids is 1. The van der Waals surface area contributed by atoms with Gasteiger partial charge in [0.05, 0.1) is 12.2 Å². The average molecular weight is 352 g/mol. The minimum atomic E-state index is 0.0904. The Bertz CT molecular complexity index is 724. The zero-order valence-corrected chi connectivity index (χ0v) is 15.7. The van der Waals surface area contributed by atoms with Crippen LogP contribution in [0.15, 0.2) is 42.6 Å². The fourth-order valence-electron chi connectivity index (χ4n) is 3.33. The van der Waals surface area contributed by atoms with E-state index < -0.39 is 0 Å². The van der Waals surface area contributed by atoms with Gasteiger partial charge in [0, 0.05) is 51.0 Å². The Labute approximate surface area is 156 Å². The normalized spacial score (nSPS) is 15.1. The fourth-order valence-corrected chi connectivity index (χ4v) is 3.33. The van der Waals surface area contributed by atoms with Crippen molar-refractivity contribution in [2.75, 3.05) is 37.6 Å². The van der Waals surface area contributed by atoms with E-state index in [2.05, 4.69) is 52.1 Å². The molecule has 0 saturated carbocycles. The number of piperazine rings is 1. The molecular weight excluding hydrogens is 324 g/mol. The average Bonchev–Trinajstić information content (AvgIpc) is 2.68. The highest BCUT2D eigenvalue weighted by Gasteiger charge is 2.19. The lowest BCUT2D eigenvalue weighted by Crippen LogP contribution is -2.47. The molecule has 2 heterocycles. The molecule has 2 aromatic rings. The monoisotopic (exact) mass is 352 g/mol. The number of aryl methyl sites for hydroxylation is 1. The first-order valence-electron chi connectivity index (χ1n) is 9.33. The predicted molar refractivity (Wildman–Crippen MR) is 105 cm³/mol. The molecule has 1 aromatic carbocycles. The molecule has 1 amide bonds. The van der Waals surface area contributed by atoms with Crippen molar-refractivity contribution in [2.45, 2.75) is 26.8 Å². The van der Waals surface area contributed by atoms with Crippen LogP contribution in [0.2, 0.25) is 0 Å². The molecule has 1 aromatic heterocycles. The smallest absolute Gasteiger partial charge is 0.221 e. The van der Waals surface area contributed by atoms with E-state index in [9.17, 15) is 4.79 Å². The maximum Gasteiger partial charge on any atom is 0.221 e. The van der Waals surface area contributed by atoms with Crippen molar-refractivity contribution in [1.82, 2.24) is 15.2 Å². The number of aromatic nitrogens is 1. The second kappa shape index (κ2) is 8.81. The van der Waals surface area contributed by atoms with Crippen molar-refractivity contribution in [2.24, 2.45) is 0 Å². The van der Waals surface area contributed by atoms with Crippen molar-refractivity contribution in [3.8, 4) is 0 Å². The molecular formula is C21H28N4O. The second-order valence-electron chi connectivity index (χ2n) is 6.90. The van der Waals surface area contributed by atoms with Gasteiger partial charge in [-0.15, -0.1) is 0 Å². The molecule has 1 N–H and O–H groups in total. The molecule has 3 rings (SSSR count). The summed E-state index contributed by atoms with van der Waals surface area (Å²) in [6.07, 6.45) is 2.28. The third-order valence-electron chi connectivity index (χ3n) is 5.14. The van der Waals surface area contributed by atoms with Crippen molar-refractivity contribution < 1.29 is 4.79 Å². The number of nitrogens with one attached hydrogen (secondary N) is 1. The molecule has 5 nitrogen and oxygen atoms in total. The number of rotatable bonds is 6. The molecule has 0 atom stereocenters. The minimum absolute atomic E-state index is 0.0904. The molecule has 1 aliphatic heterocycles. The molecule has 0 unspecified atom stereocenters. The third kappa shape index (κ3) is 4.82. The maximum absolute atomic E-state index is 12.1. The van der Waals surface area contributed by atoms with E-state index in [1.165, 1.54) is 16.8 Å². The van der Waals surface area contributed by atoms with Gasteiger partial charge in [-0.3, -0.25) is 14.7 Å². The highest BCUT2D eigenvalue weighted by molar-refractivity contribution is 5.76. The number of carbonyl (C=O) groups is 1. The van der Waals surface area contributed by atoms with Crippen LogP contribution in [-0.2, 0) is 11.3 Å². The molecule has 5 heteroatoms. The summed E-state index contributed by atoms with van der Waals surface area (Å²) in [5, 5.41) is 2.95. The van der Waals surface area contributed by atoms with Crippen LogP contribution in [0, 0.1) is 13.8 Å². The quantitative estimate of drug-likeness (QED) is 0.868. The van der Waals surface area contributed by atoms with Crippen molar-refractivity contribution >= 4 is 11.6 Å². The molecule has 0 spiro atoms. The Balaban J connectivity index is 1.40. The van der Waals surface area contributed by atoms with Gasteiger partial charge in [-0.2, -0.15) is 0 Å². The first-order chi connectivity index (χ1) is 12.6. The van der Waals surface area contributed by atoms with Gasteiger partial charge in [0.15, 0.2) is 0 Å². The van der Waals surface area contributed by atoms with Gasteiger partial charge < -0.3 is 10.2 Å². The first-order valence-corrected chi connectivity index (χ1v) is 9.33. The third-order valence-corrected chi connectivity index (χ3v) is 5.14. The van der Waals surface area contributed by atoms with Crippen LogP contribution in [0.3, 0.4) is 0 Å². The SMILES string of the molecule is Cc1cccc(N2CCN(CCC(=O)NCc3ccccn3)CC2)c1C. The Morgan fingerprint density at radius 3 is 2.62 bits per heavy atom. The lowest BCUT2D eigenvalue weighted by molar-refractivity contribution is -0.121. The van der Waals surface area contributed by atoms with Crippen molar-refractivity contribution in [3.63, 3.8) is 0 Å². The number of nitrogens with zero attached hydrogens (tertiary/aromatic N) is 3. The topological polar surface area (TPSA) is 48.5 Å². The molecule has 1 fully saturated rings. The summed E-state index contributed by atoms with van der Waals surface area (Å²) < 4.78 is 0. The Morgan fingerprint density at radius 1 is 1.08 bits per heavy atom. The van der Waals surface area contributed by atoms with Crippen molar-refractivity contribution in [3.05, 3.63) is 59.4 Å². The predicted octanol–water partition coefficient (Wildman–Crippen LogP) is 2.53. The van der Waals surface area contributed by atoms with Crippen LogP contribution in [0.4, 0.5) is 5.69 Å². The van der Waals surface area contributed by atoms with Gasteiger partial charge in [0.1, 0.15) is 0 Å². The van der Waals surface area contributed by atoms with E-state index in [1.54, 1.807) is 6.20 Å². The summed E-state index contributed by atoms with van der Waals surface area (Å²) in [5.41, 5.74) is 4.95. The minimum Gasteiger partial charge on any atom is -0.369 e. The highest BCUT2D eigenvalue weighted by atomic mass is 16.1. The van der Waals surface area contributed by atoms with E-state index in [4.69, 9.17) is 0 Å². The van der Waals surface area contributed by atoms with Gasteiger partial charge in [0.25, 0.3) is 0 Å². The van der Waals surface area contributed by atoms with E-state index in [1.807, 2.05) is 18.2 Å². The summed E-state index contributed by atoms with van der Waals surface area (Å²) in [5.74, 6) is 0.0904. The number of amides is 1. The number of hydrogen-bond acceptors (Lipinski definition) is 4. The first kappa shape index (κ1) is 18.4. The zero-order valence-electron chi connectivity index (χ0n) is 15.7. The summed E-state index contributed by atoms with van der Waals surface area (Å²) in [6.45, 7) is 9.71. The van der Waals surface area contributed by atoms with Crippen LogP contribution in [0.25, 0.3) is 0 Å². The summed E-state index contributed by atoms with van der Waals surface area (Å²) in [6, 6.07) is 12.2. The molecule has 1 saturated heterocycles. The molecule has 0 radical (unpaired) electrons. The maximum atomic E-state index is 12.1. The summed E-state index contributed by atoms with van der Waals surface area (Å²) >= 11 is 0. The zero-order chi connectivity index (χ0) is 18.4. The molecule has 138 valence electrons. The highest BCUT2D eigenvalue weighted by Crippen LogP contribution is 2.23. The second-order valence-corrected chi connectivity index (χ2v) is 6.90. The van der Waals surface area contributed by atoms with E-state index in [-0.39, 0.29) is 5.91 Å². The number of benzene rings is 1. The van der Waals surface area contributed by atoms with Crippen LogP contribution in [0.1, 0.15) is 23.2 Å². The van der Waals surface area contributed by atoms with Crippen LogP contribution in [-0.4, -0.2) is 48.5 Å². The Hall–Kier alpha value is -2.40. The van der Waals surface area contributed by atoms with Gasteiger partial charge in [-0.05, 0) is 43.2 Å². The fraction of sp³-hybridized carbons (Fsp3) is 0.429. The van der Waals surface area contributed by atoms with E-state index in [0.29, 0.717) is 13.0 Å². The number of hydrogen-bond donors (Lipinski definition) is 1. The summed E-state index contributed by atoms with van der Waals surface area (Å²) in [7, 11) is 0. The standard InChI is InChI=1S/C21H28N4O/c1-17-6-5-8-20(18(17)2)25-14-12-24(13-15-25)11-9-21(26)23-16-19-7-3-4-10-22-19/h3-8,10H,9,11-16H2,1-2H3,(H,23,26). The molecule has 1 aliphatic rings. The number of pyridine rings is 1. The molecule has 26 heavy (non-hydrogen) atoms. The Kier molecular flexibility index (Phi) is 6.23. The van der Waals surface area contributed by atoms with Gasteiger partial charge >= 0.3 is 0 Å². The van der Waals surface area contributed by atoms with Gasteiger partial charge in [-0.25, -0.2) is 0 Å². The lowest BCUT2D eigenvalue weighted by Gasteiger charge is -2.37. The molecule has 0 aliphatic carbocycles. The number of anilines is 1. The van der Waals surface area contributed by atoms with Crippen molar-refractivity contribution in [1.29, 1.82) is 0 Å².